The Morgan fingerprint density at radius 1 is 1.24 bits per heavy atom. The first kappa shape index (κ1) is 15.7. The van der Waals surface area contributed by atoms with Crippen molar-refractivity contribution in [2.45, 2.75) is 6.54 Å². The maximum absolute atomic E-state index is 11.5. The average molecular weight is 328 g/mol. The maximum Gasteiger partial charge on any atom is 0.315 e. The fourth-order valence-electron chi connectivity index (χ4n) is 1.63. The molecule has 3 N–H and O–H groups in total. The zero-order chi connectivity index (χ0) is 15.3. The number of hydrogen-bond acceptors (Lipinski definition) is 5. The Bertz CT molecular complexity index is 694. The first-order valence-electron chi connectivity index (χ1n) is 6.25. The number of hydrogen-bond donors (Lipinski definition) is 3. The highest BCUT2D eigenvalue weighted by atomic mass is 32.2. The van der Waals surface area contributed by atoms with Gasteiger partial charge in [0.05, 0.1) is 23.0 Å². The minimum Gasteiger partial charge on any atom is -0.337 e. The standard InChI is InChI=1S/C12H16N4O3S2/c1-21(18,19)15-7-6-13-12(17)14-8-11-16-9-4-2-3-5-10(9)20-11/h2-5,15H,6-8H2,1H3,(H2,13,14,17). The van der Waals surface area contributed by atoms with E-state index in [1.807, 2.05) is 24.3 Å². The number of amides is 2. The number of fused-ring (bicyclic) bond motifs is 1. The summed E-state index contributed by atoms with van der Waals surface area (Å²) in [6.45, 7) is 0.719. The number of aromatic nitrogens is 1. The van der Waals surface area contributed by atoms with E-state index < -0.39 is 10.0 Å². The van der Waals surface area contributed by atoms with Crippen molar-refractivity contribution < 1.29 is 13.2 Å². The van der Waals surface area contributed by atoms with Crippen LogP contribution in [0, 0.1) is 0 Å². The van der Waals surface area contributed by atoms with Crippen LogP contribution in [0.3, 0.4) is 0 Å². The van der Waals surface area contributed by atoms with Gasteiger partial charge in [0.2, 0.25) is 10.0 Å². The molecule has 1 aromatic carbocycles. The molecule has 9 heteroatoms. The van der Waals surface area contributed by atoms with E-state index >= 15 is 0 Å². The Kier molecular flexibility index (Phi) is 5.10. The molecule has 2 amide bonds. The van der Waals surface area contributed by atoms with Crippen LogP contribution in [0.5, 0.6) is 0 Å². The molecule has 0 aliphatic carbocycles. The van der Waals surface area contributed by atoms with Gasteiger partial charge >= 0.3 is 6.03 Å². The molecule has 0 fully saturated rings. The number of nitrogens with one attached hydrogen (secondary N) is 3. The zero-order valence-electron chi connectivity index (χ0n) is 11.4. The van der Waals surface area contributed by atoms with Gasteiger partial charge in [-0.15, -0.1) is 11.3 Å². The van der Waals surface area contributed by atoms with E-state index in [2.05, 4.69) is 20.3 Å². The highest BCUT2D eigenvalue weighted by molar-refractivity contribution is 7.88. The van der Waals surface area contributed by atoms with Crippen molar-refractivity contribution in [2.75, 3.05) is 19.3 Å². The predicted molar refractivity (Wildman–Crippen MR) is 82.7 cm³/mol. The second-order valence-corrected chi connectivity index (χ2v) is 7.30. The molecule has 0 spiro atoms. The Hall–Kier alpha value is -1.71. The highest BCUT2D eigenvalue weighted by Crippen LogP contribution is 2.21. The molecule has 1 aromatic heterocycles. The van der Waals surface area contributed by atoms with E-state index in [4.69, 9.17) is 0 Å². The molecule has 0 saturated carbocycles. The summed E-state index contributed by atoms with van der Waals surface area (Å²) < 4.78 is 25.0. The zero-order valence-corrected chi connectivity index (χ0v) is 13.1. The molecule has 0 aliphatic rings. The third-order valence-electron chi connectivity index (χ3n) is 2.51. The van der Waals surface area contributed by atoms with Gasteiger partial charge < -0.3 is 10.6 Å². The molecule has 2 rings (SSSR count). The molecule has 21 heavy (non-hydrogen) atoms. The molecular formula is C12H16N4O3S2. The number of benzene rings is 1. The van der Waals surface area contributed by atoms with E-state index in [0.29, 0.717) is 6.54 Å². The van der Waals surface area contributed by atoms with Crippen molar-refractivity contribution in [3.05, 3.63) is 29.3 Å². The van der Waals surface area contributed by atoms with Gasteiger partial charge in [0, 0.05) is 13.1 Å². The summed E-state index contributed by atoms with van der Waals surface area (Å²) >= 11 is 1.53. The second kappa shape index (κ2) is 6.83. The van der Waals surface area contributed by atoms with Crippen LogP contribution in [0.4, 0.5) is 4.79 Å². The number of carbonyl (C=O) groups excluding carboxylic acids is 1. The molecule has 0 radical (unpaired) electrons. The van der Waals surface area contributed by atoms with Crippen molar-refractivity contribution >= 4 is 37.6 Å². The van der Waals surface area contributed by atoms with E-state index in [1.165, 1.54) is 11.3 Å². The van der Waals surface area contributed by atoms with Gasteiger partial charge in [-0.3, -0.25) is 0 Å². The summed E-state index contributed by atoms with van der Waals surface area (Å²) in [5.74, 6) is 0. The Morgan fingerprint density at radius 2 is 2.00 bits per heavy atom. The summed E-state index contributed by atoms with van der Waals surface area (Å²) in [5.41, 5.74) is 0.914. The first-order chi connectivity index (χ1) is 9.94. The monoisotopic (exact) mass is 328 g/mol. The third-order valence-corrected chi connectivity index (χ3v) is 4.28. The van der Waals surface area contributed by atoms with Crippen molar-refractivity contribution in [2.24, 2.45) is 0 Å². The van der Waals surface area contributed by atoms with Gasteiger partial charge in [0.1, 0.15) is 5.01 Å². The van der Waals surface area contributed by atoms with Crippen LogP contribution in [0.1, 0.15) is 5.01 Å². The molecule has 0 bridgehead atoms. The number of rotatable bonds is 6. The van der Waals surface area contributed by atoms with E-state index in [0.717, 1.165) is 21.5 Å². The molecule has 114 valence electrons. The molecule has 2 aromatic rings. The number of urea groups is 1. The molecule has 0 unspecified atom stereocenters. The third kappa shape index (κ3) is 5.29. The average Bonchev–Trinajstić information content (AvgIpc) is 2.83. The smallest absolute Gasteiger partial charge is 0.315 e. The lowest BCUT2D eigenvalue weighted by Crippen LogP contribution is -2.39. The Balaban J connectivity index is 1.73. The fourth-order valence-corrected chi connectivity index (χ4v) is 3.01. The Labute approximate surface area is 126 Å². The molecule has 0 aliphatic heterocycles. The van der Waals surface area contributed by atoms with Crippen LogP contribution in [-0.2, 0) is 16.6 Å². The molecule has 0 atom stereocenters. The number of thiazole rings is 1. The SMILES string of the molecule is CS(=O)(=O)NCCNC(=O)NCc1nc2ccccc2s1. The van der Waals surface area contributed by atoms with Crippen LogP contribution in [0.2, 0.25) is 0 Å². The van der Waals surface area contributed by atoms with Crippen LogP contribution >= 0.6 is 11.3 Å². The van der Waals surface area contributed by atoms with Crippen molar-refractivity contribution in [3.63, 3.8) is 0 Å². The normalized spacial score (nSPS) is 11.5. The largest absolute Gasteiger partial charge is 0.337 e. The summed E-state index contributed by atoms with van der Waals surface area (Å²) in [5, 5.41) is 6.06. The lowest BCUT2D eigenvalue weighted by atomic mass is 10.3. The van der Waals surface area contributed by atoms with Crippen molar-refractivity contribution in [1.82, 2.24) is 20.3 Å². The van der Waals surface area contributed by atoms with Gasteiger partial charge in [0.15, 0.2) is 0 Å². The number of para-hydroxylation sites is 1. The summed E-state index contributed by atoms with van der Waals surface area (Å²) in [6.07, 6.45) is 1.07. The second-order valence-electron chi connectivity index (χ2n) is 4.35. The number of nitrogens with zero attached hydrogens (tertiary/aromatic N) is 1. The molecule has 0 saturated heterocycles. The van der Waals surface area contributed by atoms with Gasteiger partial charge in [-0.25, -0.2) is 22.9 Å². The van der Waals surface area contributed by atoms with Gasteiger partial charge in [0.25, 0.3) is 0 Å². The lowest BCUT2D eigenvalue weighted by Gasteiger charge is -2.06. The van der Waals surface area contributed by atoms with Gasteiger partial charge in [-0.1, -0.05) is 12.1 Å². The van der Waals surface area contributed by atoms with Crippen molar-refractivity contribution in [3.8, 4) is 0 Å². The van der Waals surface area contributed by atoms with Crippen LogP contribution in [0.25, 0.3) is 10.2 Å². The molecular weight excluding hydrogens is 312 g/mol. The van der Waals surface area contributed by atoms with Crippen LogP contribution in [-0.4, -0.2) is 38.8 Å². The maximum atomic E-state index is 11.5. The summed E-state index contributed by atoms with van der Waals surface area (Å²) in [7, 11) is -3.22. The quantitative estimate of drug-likeness (QED) is 0.678. The van der Waals surface area contributed by atoms with E-state index in [-0.39, 0.29) is 19.1 Å². The van der Waals surface area contributed by atoms with Crippen LogP contribution in [0.15, 0.2) is 24.3 Å². The fraction of sp³-hybridized carbons (Fsp3) is 0.333. The number of sulfonamides is 1. The number of carbonyl (C=O) groups is 1. The van der Waals surface area contributed by atoms with Crippen LogP contribution < -0.4 is 15.4 Å². The lowest BCUT2D eigenvalue weighted by molar-refractivity contribution is 0.240. The molecule has 1 heterocycles. The van der Waals surface area contributed by atoms with Crippen molar-refractivity contribution in [1.29, 1.82) is 0 Å². The topological polar surface area (TPSA) is 100 Å². The van der Waals surface area contributed by atoms with E-state index in [1.54, 1.807) is 0 Å². The molecule has 7 nitrogen and oxygen atoms in total. The Morgan fingerprint density at radius 3 is 2.71 bits per heavy atom. The van der Waals surface area contributed by atoms with Gasteiger partial charge in [-0.2, -0.15) is 0 Å². The minimum atomic E-state index is -3.22. The minimum absolute atomic E-state index is 0.160. The van der Waals surface area contributed by atoms with Gasteiger partial charge in [-0.05, 0) is 12.1 Å². The summed E-state index contributed by atoms with van der Waals surface area (Å²) in [4.78, 5) is 15.9. The first-order valence-corrected chi connectivity index (χ1v) is 8.95. The summed E-state index contributed by atoms with van der Waals surface area (Å²) in [6, 6.07) is 7.41. The van der Waals surface area contributed by atoms with E-state index in [9.17, 15) is 13.2 Å². The highest BCUT2D eigenvalue weighted by Gasteiger charge is 2.05. The predicted octanol–water partition coefficient (Wildman–Crippen LogP) is 0.645.